The standard InChI is InChI=1S/C17H24N4S/c1-10-2-7-14-13(8-10)15-16(19-9-20-17(15)22-14)21-12-5-3-11(18)4-6-12/h9-12H,2-8,18H2,1H3,(H,19,20,21)/t10-,11-,12-/m1/s1. The first-order valence-corrected chi connectivity index (χ1v) is 9.29. The number of aryl methyl sites for hydroxylation is 1. The fourth-order valence-corrected chi connectivity index (χ4v) is 5.03. The van der Waals surface area contributed by atoms with Gasteiger partial charge in [-0.05, 0) is 56.4 Å². The molecule has 2 aromatic rings. The minimum Gasteiger partial charge on any atom is -0.367 e. The van der Waals surface area contributed by atoms with Crippen LogP contribution in [0.1, 0.15) is 49.5 Å². The summed E-state index contributed by atoms with van der Waals surface area (Å²) in [4.78, 5) is 11.8. The minimum atomic E-state index is 0.387. The second kappa shape index (κ2) is 5.78. The second-order valence-corrected chi connectivity index (χ2v) is 8.09. The van der Waals surface area contributed by atoms with Crippen molar-refractivity contribution in [2.75, 3.05) is 5.32 Å². The van der Waals surface area contributed by atoms with Crippen LogP contribution < -0.4 is 11.1 Å². The van der Waals surface area contributed by atoms with Crippen molar-refractivity contribution in [1.82, 2.24) is 9.97 Å². The molecule has 2 heterocycles. The maximum absolute atomic E-state index is 6.02. The highest BCUT2D eigenvalue weighted by Crippen LogP contribution is 2.40. The summed E-state index contributed by atoms with van der Waals surface area (Å²) in [5.74, 6) is 1.82. The lowest BCUT2D eigenvalue weighted by molar-refractivity contribution is 0.410. The lowest BCUT2D eigenvalue weighted by Gasteiger charge is -2.27. The quantitative estimate of drug-likeness (QED) is 0.890. The number of fused-ring (bicyclic) bond motifs is 3. The van der Waals surface area contributed by atoms with Crippen molar-refractivity contribution in [1.29, 1.82) is 0 Å². The Morgan fingerprint density at radius 2 is 2.00 bits per heavy atom. The van der Waals surface area contributed by atoms with Crippen molar-refractivity contribution >= 4 is 27.4 Å². The molecule has 0 aromatic carbocycles. The number of nitrogens with zero attached hydrogens (tertiary/aromatic N) is 2. The van der Waals surface area contributed by atoms with Gasteiger partial charge in [-0.15, -0.1) is 11.3 Å². The zero-order valence-electron chi connectivity index (χ0n) is 13.1. The molecule has 4 nitrogen and oxygen atoms in total. The molecule has 0 amide bonds. The van der Waals surface area contributed by atoms with Gasteiger partial charge in [0, 0.05) is 17.0 Å². The Balaban J connectivity index is 1.67. The van der Waals surface area contributed by atoms with E-state index in [9.17, 15) is 0 Å². The number of anilines is 1. The van der Waals surface area contributed by atoms with Crippen LogP contribution in [0, 0.1) is 5.92 Å². The van der Waals surface area contributed by atoms with E-state index in [1.165, 1.54) is 35.1 Å². The van der Waals surface area contributed by atoms with Gasteiger partial charge in [-0.3, -0.25) is 0 Å². The molecule has 4 rings (SSSR count). The predicted molar refractivity (Wildman–Crippen MR) is 92.5 cm³/mol. The molecule has 118 valence electrons. The van der Waals surface area contributed by atoms with Gasteiger partial charge in [-0.25, -0.2) is 9.97 Å². The summed E-state index contributed by atoms with van der Waals surface area (Å²) >= 11 is 1.87. The van der Waals surface area contributed by atoms with Crippen LogP contribution in [0.4, 0.5) is 5.82 Å². The van der Waals surface area contributed by atoms with Crippen molar-refractivity contribution < 1.29 is 0 Å². The third kappa shape index (κ3) is 2.61. The van der Waals surface area contributed by atoms with Crippen LogP contribution in [0.15, 0.2) is 6.33 Å². The van der Waals surface area contributed by atoms with E-state index in [1.807, 2.05) is 11.3 Å². The molecular weight excluding hydrogens is 292 g/mol. The highest BCUT2D eigenvalue weighted by atomic mass is 32.1. The number of rotatable bonds is 2. The van der Waals surface area contributed by atoms with E-state index in [0.717, 1.165) is 42.2 Å². The number of thiophene rings is 1. The van der Waals surface area contributed by atoms with Crippen LogP contribution >= 0.6 is 11.3 Å². The molecular formula is C17H24N4S. The minimum absolute atomic E-state index is 0.387. The molecule has 0 radical (unpaired) electrons. The molecule has 0 spiro atoms. The summed E-state index contributed by atoms with van der Waals surface area (Å²) in [7, 11) is 0. The topological polar surface area (TPSA) is 63.8 Å². The molecule has 0 aliphatic heterocycles. The molecule has 0 saturated heterocycles. The van der Waals surface area contributed by atoms with Gasteiger partial charge >= 0.3 is 0 Å². The second-order valence-electron chi connectivity index (χ2n) is 7.01. The number of aromatic nitrogens is 2. The molecule has 2 aliphatic rings. The van der Waals surface area contributed by atoms with Crippen molar-refractivity contribution in [2.24, 2.45) is 11.7 Å². The molecule has 22 heavy (non-hydrogen) atoms. The number of nitrogens with one attached hydrogen (secondary N) is 1. The van der Waals surface area contributed by atoms with E-state index in [0.29, 0.717) is 12.1 Å². The molecule has 3 N–H and O–H groups in total. The summed E-state index contributed by atoms with van der Waals surface area (Å²) < 4.78 is 0. The van der Waals surface area contributed by atoms with Gasteiger partial charge in [0.15, 0.2) is 0 Å². The van der Waals surface area contributed by atoms with E-state index in [4.69, 9.17) is 5.73 Å². The maximum Gasteiger partial charge on any atom is 0.138 e. The summed E-state index contributed by atoms with van der Waals surface area (Å²) in [6, 6.07) is 0.896. The van der Waals surface area contributed by atoms with Crippen LogP contribution in [-0.2, 0) is 12.8 Å². The Bertz CT molecular complexity index is 673. The van der Waals surface area contributed by atoms with Gasteiger partial charge in [0.1, 0.15) is 17.0 Å². The molecule has 5 heteroatoms. The number of hydrogen-bond donors (Lipinski definition) is 2. The van der Waals surface area contributed by atoms with Crippen LogP contribution in [0.2, 0.25) is 0 Å². The van der Waals surface area contributed by atoms with E-state index in [1.54, 1.807) is 6.33 Å². The van der Waals surface area contributed by atoms with Gasteiger partial charge in [0.2, 0.25) is 0 Å². The first kappa shape index (κ1) is 14.4. The van der Waals surface area contributed by atoms with Crippen LogP contribution in [-0.4, -0.2) is 22.1 Å². The van der Waals surface area contributed by atoms with Gasteiger partial charge in [-0.1, -0.05) is 6.92 Å². The highest BCUT2D eigenvalue weighted by molar-refractivity contribution is 7.19. The average Bonchev–Trinajstić information content (AvgIpc) is 2.88. The fraction of sp³-hybridized carbons (Fsp3) is 0.647. The lowest BCUT2D eigenvalue weighted by atomic mass is 9.88. The molecule has 1 saturated carbocycles. The van der Waals surface area contributed by atoms with Gasteiger partial charge in [0.05, 0.1) is 5.39 Å². The first-order chi connectivity index (χ1) is 10.7. The van der Waals surface area contributed by atoms with Crippen molar-refractivity contribution in [3.8, 4) is 0 Å². The monoisotopic (exact) mass is 316 g/mol. The lowest BCUT2D eigenvalue weighted by Crippen LogP contribution is -2.33. The molecule has 1 fully saturated rings. The molecule has 0 bridgehead atoms. The van der Waals surface area contributed by atoms with E-state index in [-0.39, 0.29) is 0 Å². The Morgan fingerprint density at radius 3 is 2.82 bits per heavy atom. The molecule has 2 aromatic heterocycles. The van der Waals surface area contributed by atoms with Crippen LogP contribution in [0.5, 0.6) is 0 Å². The van der Waals surface area contributed by atoms with E-state index < -0.39 is 0 Å². The van der Waals surface area contributed by atoms with Crippen molar-refractivity contribution in [3.05, 3.63) is 16.8 Å². The van der Waals surface area contributed by atoms with Crippen molar-refractivity contribution in [3.63, 3.8) is 0 Å². The number of nitrogens with two attached hydrogens (primary N) is 1. The van der Waals surface area contributed by atoms with Crippen molar-refractivity contribution in [2.45, 2.75) is 64.0 Å². The van der Waals surface area contributed by atoms with Gasteiger partial charge in [-0.2, -0.15) is 0 Å². The fourth-order valence-electron chi connectivity index (χ4n) is 3.85. The summed E-state index contributed by atoms with van der Waals surface area (Å²) in [6.07, 6.45) is 9.92. The average molecular weight is 316 g/mol. The molecule has 0 unspecified atom stereocenters. The zero-order valence-corrected chi connectivity index (χ0v) is 14.0. The van der Waals surface area contributed by atoms with E-state index >= 15 is 0 Å². The largest absolute Gasteiger partial charge is 0.367 e. The Hall–Kier alpha value is -1.20. The van der Waals surface area contributed by atoms with E-state index in [2.05, 4.69) is 22.2 Å². The third-order valence-corrected chi connectivity index (χ3v) is 6.40. The summed E-state index contributed by atoms with van der Waals surface area (Å²) in [5, 5.41) is 4.99. The van der Waals surface area contributed by atoms with Crippen LogP contribution in [0.3, 0.4) is 0 Å². The predicted octanol–water partition coefficient (Wildman–Crippen LogP) is 3.50. The highest BCUT2D eigenvalue weighted by Gasteiger charge is 2.25. The normalized spacial score (nSPS) is 28.5. The molecule has 2 aliphatic carbocycles. The third-order valence-electron chi connectivity index (χ3n) is 5.20. The molecule has 1 atom stereocenters. The summed E-state index contributed by atoms with van der Waals surface area (Å²) in [5.41, 5.74) is 7.53. The van der Waals surface area contributed by atoms with Crippen LogP contribution in [0.25, 0.3) is 10.2 Å². The summed E-state index contributed by atoms with van der Waals surface area (Å²) in [6.45, 7) is 2.35. The smallest absolute Gasteiger partial charge is 0.138 e. The SMILES string of the molecule is C[C@@H]1CCc2sc3ncnc(N[C@H]4CC[C@H](N)CC4)c3c2C1. The first-order valence-electron chi connectivity index (χ1n) is 8.48. The number of hydrogen-bond acceptors (Lipinski definition) is 5. The maximum atomic E-state index is 6.02. The van der Waals surface area contributed by atoms with Gasteiger partial charge in [0.25, 0.3) is 0 Å². The van der Waals surface area contributed by atoms with Gasteiger partial charge < -0.3 is 11.1 Å². The Kier molecular flexibility index (Phi) is 3.78. The Morgan fingerprint density at radius 1 is 1.18 bits per heavy atom. The Labute approximate surface area is 135 Å². The zero-order chi connectivity index (χ0) is 15.1.